The van der Waals surface area contributed by atoms with Gasteiger partial charge in [-0.3, -0.25) is 24.6 Å². The van der Waals surface area contributed by atoms with Crippen LogP contribution in [-0.2, 0) is 14.3 Å². The topological polar surface area (TPSA) is 226 Å². The zero-order valence-electron chi connectivity index (χ0n) is 20.6. The number of carbonyl (C=O) groups is 4. The van der Waals surface area contributed by atoms with Crippen LogP contribution in [-0.4, -0.2) is 117 Å². The molecule has 0 aliphatic rings. The van der Waals surface area contributed by atoms with Crippen molar-refractivity contribution in [1.29, 1.82) is 0 Å². The van der Waals surface area contributed by atoms with E-state index in [1.807, 2.05) is 45.2 Å². The van der Waals surface area contributed by atoms with E-state index in [1.54, 1.807) is 22.6 Å². The minimum Gasteiger partial charge on any atom is -0.456 e. The number of carbonyl (C=O) groups excluding carboxylic acids is 4. The molecule has 17 heteroatoms. The maximum absolute atomic E-state index is 13.8. The van der Waals surface area contributed by atoms with Crippen LogP contribution in [0.15, 0.2) is 6.07 Å². The number of ether oxygens (including phenoxy) is 1. The second kappa shape index (κ2) is 17.8. The molecular weight excluding hydrogens is 863 g/mol. The van der Waals surface area contributed by atoms with E-state index in [-0.39, 0.29) is 27.5 Å². The zero-order chi connectivity index (χ0) is 29.9. The number of aliphatic hydroxyl groups is 6. The molecule has 3 amide bonds. The average molecular weight is 893 g/mol. The van der Waals surface area contributed by atoms with Gasteiger partial charge in [0.1, 0.15) is 0 Å². The first-order chi connectivity index (χ1) is 18.3. The van der Waals surface area contributed by atoms with Crippen molar-refractivity contribution >= 4 is 91.5 Å². The normalized spacial score (nSPS) is 14.1. The molecule has 1 aromatic carbocycles. The van der Waals surface area contributed by atoms with Crippen molar-refractivity contribution in [2.24, 2.45) is 0 Å². The molecule has 4 unspecified atom stereocenters. The summed E-state index contributed by atoms with van der Waals surface area (Å²) in [7, 11) is 0. The molecule has 0 saturated carbocycles. The SMILES string of the molecule is CC(=O)OCC(=O)NN(C(=O)c1c(I)cc(I)c(C(=O)NC(CO)CC(O)CO)c1I)C(CO)CC(O)CO. The Kier molecular flexibility index (Phi) is 16.4. The van der Waals surface area contributed by atoms with Crippen LogP contribution in [0.25, 0.3) is 0 Å². The van der Waals surface area contributed by atoms with Gasteiger partial charge in [0.25, 0.3) is 17.7 Å². The number of amides is 3. The molecule has 1 rings (SSSR count). The molecule has 0 aliphatic carbocycles. The van der Waals surface area contributed by atoms with Gasteiger partial charge in [-0.25, -0.2) is 5.01 Å². The average Bonchev–Trinajstić information content (AvgIpc) is 2.87. The predicted octanol–water partition coefficient (Wildman–Crippen LogP) is -1.52. The molecule has 0 fully saturated rings. The first-order valence-electron chi connectivity index (χ1n) is 11.3. The summed E-state index contributed by atoms with van der Waals surface area (Å²) in [6.07, 6.45) is -2.98. The van der Waals surface area contributed by atoms with Crippen molar-refractivity contribution in [3.63, 3.8) is 0 Å². The van der Waals surface area contributed by atoms with Crippen LogP contribution in [0.2, 0.25) is 0 Å². The summed E-state index contributed by atoms with van der Waals surface area (Å²) in [5.74, 6) is -3.22. The molecule has 0 aliphatic heterocycles. The Bertz CT molecular complexity index is 1030. The lowest BCUT2D eigenvalue weighted by molar-refractivity contribution is -0.148. The lowest BCUT2D eigenvalue weighted by Crippen LogP contribution is -2.55. The lowest BCUT2D eigenvalue weighted by Gasteiger charge is -2.32. The number of hydrazine groups is 1. The molecule has 8 N–H and O–H groups in total. The molecule has 39 heavy (non-hydrogen) atoms. The van der Waals surface area contributed by atoms with E-state index in [0.717, 1.165) is 11.9 Å². The van der Waals surface area contributed by atoms with Gasteiger partial charge >= 0.3 is 5.97 Å². The zero-order valence-corrected chi connectivity index (χ0v) is 27.1. The molecule has 0 radical (unpaired) electrons. The van der Waals surface area contributed by atoms with E-state index in [4.69, 9.17) is 5.11 Å². The quantitative estimate of drug-likeness (QED) is 0.0608. The van der Waals surface area contributed by atoms with Crippen LogP contribution in [0.4, 0.5) is 0 Å². The van der Waals surface area contributed by atoms with Gasteiger partial charge in [0.2, 0.25) is 0 Å². The number of halogens is 3. The maximum atomic E-state index is 13.8. The van der Waals surface area contributed by atoms with Crippen LogP contribution in [0.1, 0.15) is 40.5 Å². The predicted molar refractivity (Wildman–Crippen MR) is 160 cm³/mol. The fourth-order valence-electron chi connectivity index (χ4n) is 3.25. The summed E-state index contributed by atoms with van der Waals surface area (Å²) in [5.41, 5.74) is 2.27. The van der Waals surface area contributed by atoms with Gasteiger partial charge in [-0.15, -0.1) is 0 Å². The molecule has 0 aromatic heterocycles. The standard InChI is InChI=1S/C22H30I3N3O11/c1-10(33)39-9-17(36)27-28(12(6-30)3-14(35)8-32)22(38)19-16(24)4-15(23)18(20(19)25)21(37)26-11(5-29)2-13(34)7-31/h4,11-14,29-32,34-35H,2-3,5-9H2,1H3,(H,26,37)(H,27,36). The van der Waals surface area contributed by atoms with Crippen molar-refractivity contribution < 1.29 is 54.6 Å². The van der Waals surface area contributed by atoms with E-state index in [0.29, 0.717) is 7.14 Å². The van der Waals surface area contributed by atoms with Gasteiger partial charge in [-0.2, -0.15) is 0 Å². The molecule has 220 valence electrons. The van der Waals surface area contributed by atoms with E-state index in [2.05, 4.69) is 15.5 Å². The highest BCUT2D eigenvalue weighted by molar-refractivity contribution is 14.1. The molecular formula is C22H30I3N3O11. The smallest absolute Gasteiger partial charge is 0.303 e. The Balaban J connectivity index is 3.50. The molecule has 1 aromatic rings. The second-order valence-corrected chi connectivity index (χ2v) is 11.6. The van der Waals surface area contributed by atoms with Crippen LogP contribution < -0.4 is 10.7 Å². The Morgan fingerprint density at radius 2 is 1.46 bits per heavy atom. The summed E-state index contributed by atoms with van der Waals surface area (Å²) in [6.45, 7) is -2.17. The minimum atomic E-state index is -1.34. The van der Waals surface area contributed by atoms with Gasteiger partial charge in [-0.1, -0.05) is 0 Å². The summed E-state index contributed by atoms with van der Waals surface area (Å²) >= 11 is 5.52. The third kappa shape index (κ3) is 11.1. The first-order valence-corrected chi connectivity index (χ1v) is 14.6. The fourth-order valence-corrected chi connectivity index (χ4v) is 7.57. The fraction of sp³-hybridized carbons (Fsp3) is 0.545. The third-order valence-corrected chi connectivity index (χ3v) is 7.92. The number of hydrogen-bond acceptors (Lipinski definition) is 11. The van der Waals surface area contributed by atoms with Crippen molar-refractivity contribution in [2.45, 2.75) is 44.1 Å². The van der Waals surface area contributed by atoms with E-state index in [9.17, 15) is 44.7 Å². The van der Waals surface area contributed by atoms with Crippen molar-refractivity contribution in [1.82, 2.24) is 15.8 Å². The molecule has 4 atom stereocenters. The van der Waals surface area contributed by atoms with Crippen LogP contribution >= 0.6 is 67.8 Å². The molecule has 14 nitrogen and oxygen atoms in total. The Morgan fingerprint density at radius 1 is 0.897 bits per heavy atom. The maximum Gasteiger partial charge on any atom is 0.303 e. The Labute approximate surface area is 264 Å². The highest BCUT2D eigenvalue weighted by atomic mass is 127. The number of esters is 1. The van der Waals surface area contributed by atoms with E-state index >= 15 is 0 Å². The molecule has 0 heterocycles. The summed E-state index contributed by atoms with van der Waals surface area (Å²) in [4.78, 5) is 50.5. The first kappa shape index (κ1) is 36.1. The van der Waals surface area contributed by atoms with Gasteiger partial charge in [0, 0.05) is 24.1 Å². The summed E-state index contributed by atoms with van der Waals surface area (Å²) in [6, 6.07) is -0.597. The number of nitrogens with one attached hydrogen (secondary N) is 2. The monoisotopic (exact) mass is 893 g/mol. The van der Waals surface area contributed by atoms with Crippen LogP contribution in [0.5, 0.6) is 0 Å². The lowest BCUT2D eigenvalue weighted by atomic mass is 10.1. The number of nitrogens with zero attached hydrogens (tertiary/aromatic N) is 1. The van der Waals surface area contributed by atoms with Gasteiger partial charge in [-0.05, 0) is 80.3 Å². The van der Waals surface area contributed by atoms with Crippen LogP contribution in [0.3, 0.4) is 0 Å². The number of benzene rings is 1. The van der Waals surface area contributed by atoms with Crippen molar-refractivity contribution in [2.75, 3.05) is 33.0 Å². The van der Waals surface area contributed by atoms with E-state index in [1.165, 1.54) is 6.07 Å². The third-order valence-electron chi connectivity index (χ3n) is 5.14. The number of rotatable bonds is 14. The minimum absolute atomic E-state index is 0.0394. The Morgan fingerprint density at radius 3 is 1.97 bits per heavy atom. The highest BCUT2D eigenvalue weighted by Gasteiger charge is 2.33. The van der Waals surface area contributed by atoms with Crippen molar-refractivity contribution in [3.05, 3.63) is 27.9 Å². The second-order valence-electron chi connectivity index (χ2n) is 8.23. The number of hydrogen-bond donors (Lipinski definition) is 8. The van der Waals surface area contributed by atoms with Crippen LogP contribution in [0, 0.1) is 10.7 Å². The largest absolute Gasteiger partial charge is 0.456 e. The van der Waals surface area contributed by atoms with Gasteiger partial charge in [0.15, 0.2) is 6.61 Å². The van der Waals surface area contributed by atoms with Gasteiger partial charge in [0.05, 0.1) is 61.8 Å². The highest BCUT2D eigenvalue weighted by Crippen LogP contribution is 2.29. The van der Waals surface area contributed by atoms with Crippen molar-refractivity contribution in [3.8, 4) is 0 Å². The molecule has 0 saturated heterocycles. The summed E-state index contributed by atoms with van der Waals surface area (Å²) < 4.78 is 5.62. The van der Waals surface area contributed by atoms with E-state index < -0.39 is 81.0 Å². The molecule has 0 bridgehead atoms. The summed E-state index contributed by atoms with van der Waals surface area (Å²) in [5, 5.41) is 60.8. The Hall–Kier alpha value is -0.950. The molecule has 0 spiro atoms. The van der Waals surface area contributed by atoms with Gasteiger partial charge < -0.3 is 40.7 Å². The number of aliphatic hydroxyl groups excluding tert-OH is 6.